The standard InChI is InChI=1S/C28H34F3N3O7/c1-11(28(29,30)31)6-7-12-10-16(33(2)3)14-8-13-9-15-20(34(4)5)23(37)19(26(32)40)25(39)27(15,41)24(38)17(13)22(36)18(14)21(12)35/h10-11,13,15,20,35-36,39,41H,6-9H2,1-5H3,(H2,32,40)/t11?,13-,15-,20-,27-/m0/s1. The molecule has 1 aromatic rings. The normalized spacial score (nSPS) is 27.0. The Balaban J connectivity index is 1.92. The van der Waals surface area contributed by atoms with Crippen LogP contribution in [-0.2, 0) is 27.2 Å². The second kappa shape index (κ2) is 10.1. The van der Waals surface area contributed by atoms with Crippen LogP contribution >= 0.6 is 0 Å². The lowest BCUT2D eigenvalue weighted by molar-refractivity contribution is -0.171. The lowest BCUT2D eigenvalue weighted by Crippen LogP contribution is -2.65. The van der Waals surface area contributed by atoms with Crippen LogP contribution in [0.1, 0.15) is 36.5 Å². The summed E-state index contributed by atoms with van der Waals surface area (Å²) in [6, 6.07) is 0.351. The number of phenolic OH excluding ortho intramolecular Hbond substituents is 1. The van der Waals surface area contributed by atoms with E-state index in [1.54, 1.807) is 25.1 Å². The summed E-state index contributed by atoms with van der Waals surface area (Å²) in [6.07, 6.45) is -4.93. The van der Waals surface area contributed by atoms with E-state index in [0.717, 1.165) is 6.92 Å². The second-order valence-electron chi connectivity index (χ2n) is 11.6. The van der Waals surface area contributed by atoms with Gasteiger partial charge in [-0.1, -0.05) is 6.92 Å². The molecule has 1 saturated carbocycles. The van der Waals surface area contributed by atoms with Crippen molar-refractivity contribution in [3.63, 3.8) is 0 Å². The number of aliphatic hydroxyl groups excluding tert-OH is 2. The highest BCUT2D eigenvalue weighted by Crippen LogP contribution is 2.54. The molecule has 0 heterocycles. The maximum absolute atomic E-state index is 14.0. The summed E-state index contributed by atoms with van der Waals surface area (Å²) in [5.74, 6) is -9.33. The monoisotopic (exact) mass is 581 g/mol. The van der Waals surface area contributed by atoms with Gasteiger partial charge >= 0.3 is 6.18 Å². The third-order valence-electron chi connectivity index (χ3n) is 8.66. The number of fused-ring (bicyclic) bond motifs is 3. The molecule has 224 valence electrons. The number of halogens is 3. The summed E-state index contributed by atoms with van der Waals surface area (Å²) >= 11 is 0. The van der Waals surface area contributed by atoms with Crippen molar-refractivity contribution in [2.45, 2.75) is 50.4 Å². The number of hydrogen-bond acceptors (Lipinski definition) is 9. The zero-order valence-corrected chi connectivity index (χ0v) is 23.3. The molecule has 10 nitrogen and oxygen atoms in total. The Morgan fingerprint density at radius 2 is 1.78 bits per heavy atom. The highest BCUT2D eigenvalue weighted by Gasteiger charge is 2.64. The van der Waals surface area contributed by atoms with Crippen LogP contribution < -0.4 is 10.6 Å². The number of phenols is 1. The van der Waals surface area contributed by atoms with Crippen LogP contribution in [0, 0.1) is 17.8 Å². The molecule has 0 saturated heterocycles. The molecular weight excluding hydrogens is 547 g/mol. The van der Waals surface area contributed by atoms with Crippen LogP contribution in [0.25, 0.3) is 5.76 Å². The predicted molar refractivity (Wildman–Crippen MR) is 142 cm³/mol. The Labute approximate surface area is 234 Å². The Kier molecular flexibility index (Phi) is 7.45. The van der Waals surface area contributed by atoms with Gasteiger partial charge in [0.25, 0.3) is 5.91 Å². The Morgan fingerprint density at radius 3 is 2.29 bits per heavy atom. The fraction of sp³-hybridized carbons (Fsp3) is 0.536. The van der Waals surface area contributed by atoms with Crippen LogP contribution in [0.5, 0.6) is 5.75 Å². The SMILES string of the molecule is CC(CCc1cc(N(C)C)c2c(c1O)C(O)=C1C(=O)[C@]3(O)C(O)=C(C(N)=O)C(=O)[C@@H](N(C)C)[C@@H]3C[C@@H]1C2)C(F)(F)F. The summed E-state index contributed by atoms with van der Waals surface area (Å²) < 4.78 is 39.5. The lowest BCUT2D eigenvalue weighted by atomic mass is 9.57. The number of likely N-dealkylation sites (N-methyl/N-ethyl adjacent to an activating group) is 1. The number of aromatic hydroxyl groups is 1. The number of anilines is 1. The summed E-state index contributed by atoms with van der Waals surface area (Å²) in [7, 11) is 6.39. The van der Waals surface area contributed by atoms with Gasteiger partial charge in [-0.25, -0.2) is 0 Å². The molecule has 3 aliphatic rings. The molecular formula is C28H34F3N3O7. The summed E-state index contributed by atoms with van der Waals surface area (Å²) in [5.41, 5.74) is 2.24. The van der Waals surface area contributed by atoms with Crippen molar-refractivity contribution in [1.29, 1.82) is 0 Å². The van der Waals surface area contributed by atoms with Gasteiger partial charge in [0.05, 0.1) is 17.5 Å². The van der Waals surface area contributed by atoms with Crippen LogP contribution in [0.15, 0.2) is 23.0 Å². The minimum atomic E-state index is -4.43. The maximum atomic E-state index is 14.0. The van der Waals surface area contributed by atoms with E-state index in [2.05, 4.69) is 0 Å². The van der Waals surface area contributed by atoms with E-state index in [0.29, 0.717) is 11.3 Å². The molecule has 1 aromatic carbocycles. The first-order valence-corrected chi connectivity index (χ1v) is 13.1. The Bertz CT molecular complexity index is 1400. The van der Waals surface area contributed by atoms with Gasteiger partial charge in [-0.3, -0.25) is 19.3 Å². The predicted octanol–water partition coefficient (Wildman–Crippen LogP) is 2.16. The van der Waals surface area contributed by atoms with Crippen molar-refractivity contribution in [3.05, 3.63) is 39.7 Å². The van der Waals surface area contributed by atoms with Crippen molar-refractivity contribution in [2.75, 3.05) is 33.1 Å². The number of carbonyl (C=O) groups is 3. The number of carbonyl (C=O) groups excluding carboxylic acids is 3. The topological polar surface area (TPSA) is 165 Å². The van der Waals surface area contributed by atoms with Crippen molar-refractivity contribution < 1.29 is 48.0 Å². The zero-order valence-electron chi connectivity index (χ0n) is 23.3. The molecule has 6 N–H and O–H groups in total. The van der Waals surface area contributed by atoms with E-state index in [1.165, 1.54) is 19.0 Å². The number of nitrogens with zero attached hydrogens (tertiary/aromatic N) is 2. The molecule has 13 heteroatoms. The second-order valence-corrected chi connectivity index (χ2v) is 11.6. The third-order valence-corrected chi connectivity index (χ3v) is 8.66. The smallest absolute Gasteiger partial charge is 0.391 e. The average molecular weight is 582 g/mol. The van der Waals surface area contributed by atoms with Gasteiger partial charge in [0.1, 0.15) is 22.8 Å². The zero-order chi connectivity index (χ0) is 30.9. The number of hydrogen-bond donors (Lipinski definition) is 5. The van der Waals surface area contributed by atoms with Crippen LogP contribution in [0.4, 0.5) is 18.9 Å². The first kappa shape index (κ1) is 30.4. The van der Waals surface area contributed by atoms with Gasteiger partial charge in [-0.15, -0.1) is 0 Å². The average Bonchev–Trinajstić information content (AvgIpc) is 2.84. The number of alkyl halides is 3. The number of primary amides is 1. The lowest BCUT2D eigenvalue weighted by Gasteiger charge is -2.50. The van der Waals surface area contributed by atoms with E-state index >= 15 is 0 Å². The van der Waals surface area contributed by atoms with Crippen molar-refractivity contribution >= 4 is 28.9 Å². The van der Waals surface area contributed by atoms with Crippen molar-refractivity contribution in [3.8, 4) is 5.75 Å². The number of rotatable bonds is 6. The fourth-order valence-electron chi connectivity index (χ4n) is 6.47. The van der Waals surface area contributed by atoms with Crippen molar-refractivity contribution in [2.24, 2.45) is 23.5 Å². The number of nitrogens with two attached hydrogens (primary N) is 1. The van der Waals surface area contributed by atoms with Crippen LogP contribution in [-0.4, -0.2) is 88.8 Å². The highest BCUT2D eigenvalue weighted by molar-refractivity contribution is 6.24. The molecule has 0 radical (unpaired) electrons. The van der Waals surface area contributed by atoms with E-state index in [9.17, 15) is 48.0 Å². The minimum absolute atomic E-state index is 0.0652. The molecule has 3 aliphatic carbocycles. The van der Waals surface area contributed by atoms with E-state index in [1.807, 2.05) is 0 Å². The minimum Gasteiger partial charge on any atom is -0.508 e. The van der Waals surface area contributed by atoms with Gasteiger partial charge in [0, 0.05) is 31.3 Å². The number of aliphatic hydroxyl groups is 3. The molecule has 0 aliphatic heterocycles. The third kappa shape index (κ3) is 4.55. The Hall–Kier alpha value is -3.58. The number of benzene rings is 1. The first-order chi connectivity index (χ1) is 18.8. The molecule has 5 atom stereocenters. The number of ketones is 2. The number of amides is 1. The molecule has 1 fully saturated rings. The molecule has 1 unspecified atom stereocenters. The number of aryl methyl sites for hydroxylation is 1. The molecule has 0 spiro atoms. The summed E-state index contributed by atoms with van der Waals surface area (Å²) in [5, 5.41) is 45.3. The van der Waals surface area contributed by atoms with Crippen LogP contribution in [0.2, 0.25) is 0 Å². The molecule has 1 amide bonds. The molecule has 0 bridgehead atoms. The molecule has 4 rings (SSSR count). The van der Waals surface area contributed by atoms with Gasteiger partial charge in [0.2, 0.25) is 5.78 Å². The molecule has 0 aromatic heterocycles. The van der Waals surface area contributed by atoms with Gasteiger partial charge in [-0.05, 0) is 62.9 Å². The van der Waals surface area contributed by atoms with E-state index in [4.69, 9.17) is 5.73 Å². The first-order valence-electron chi connectivity index (χ1n) is 13.1. The summed E-state index contributed by atoms with van der Waals surface area (Å²) in [6.45, 7) is 1.03. The summed E-state index contributed by atoms with van der Waals surface area (Å²) in [4.78, 5) is 42.4. The number of Topliss-reactive ketones (excluding diaryl/α,β-unsaturated/α-hetero) is 2. The van der Waals surface area contributed by atoms with E-state index in [-0.39, 0.29) is 42.4 Å². The largest absolute Gasteiger partial charge is 0.508 e. The maximum Gasteiger partial charge on any atom is 0.391 e. The van der Waals surface area contributed by atoms with Crippen LogP contribution in [0.3, 0.4) is 0 Å². The van der Waals surface area contributed by atoms with Crippen molar-refractivity contribution in [1.82, 2.24) is 4.90 Å². The fourth-order valence-corrected chi connectivity index (χ4v) is 6.47. The van der Waals surface area contributed by atoms with Gasteiger partial charge in [-0.2, -0.15) is 13.2 Å². The quantitative estimate of drug-likeness (QED) is 0.317. The molecule has 41 heavy (non-hydrogen) atoms. The van der Waals surface area contributed by atoms with Gasteiger partial charge < -0.3 is 31.1 Å². The highest BCUT2D eigenvalue weighted by atomic mass is 19.4. The van der Waals surface area contributed by atoms with Gasteiger partial charge in [0.15, 0.2) is 11.4 Å². The Morgan fingerprint density at radius 1 is 1.17 bits per heavy atom. The van der Waals surface area contributed by atoms with E-state index < -0.39 is 75.9 Å².